The number of hydrogen-bond acceptors (Lipinski definition) is 4. The summed E-state index contributed by atoms with van der Waals surface area (Å²) in [6.45, 7) is 0. The summed E-state index contributed by atoms with van der Waals surface area (Å²) in [5, 5.41) is 9.94. The zero-order chi connectivity index (χ0) is 11.7. The molecule has 0 aromatic heterocycles. The highest BCUT2D eigenvalue weighted by molar-refractivity contribution is 5.85. The van der Waals surface area contributed by atoms with E-state index < -0.39 is 0 Å². The van der Waals surface area contributed by atoms with Crippen LogP contribution in [0.3, 0.4) is 0 Å². The number of hydrogen-bond donors (Lipinski definition) is 2. The van der Waals surface area contributed by atoms with Crippen LogP contribution in [0.1, 0.15) is 24.4 Å². The number of phenols is 1. The van der Waals surface area contributed by atoms with E-state index in [1.165, 1.54) is 0 Å². The third-order valence-corrected chi connectivity index (χ3v) is 3.01. The zero-order valence-electron chi connectivity index (χ0n) is 9.97. The van der Waals surface area contributed by atoms with Crippen molar-refractivity contribution in [2.24, 2.45) is 11.7 Å². The number of nitrogens with two attached hydrogens (primary N) is 1. The van der Waals surface area contributed by atoms with Gasteiger partial charge in [0.05, 0.1) is 19.8 Å². The summed E-state index contributed by atoms with van der Waals surface area (Å²) in [5.41, 5.74) is 6.77. The maximum atomic E-state index is 9.94. The van der Waals surface area contributed by atoms with Gasteiger partial charge in [-0.25, -0.2) is 0 Å². The summed E-state index contributed by atoms with van der Waals surface area (Å²) in [6, 6.07) is 3.16. The molecule has 0 aliphatic heterocycles. The van der Waals surface area contributed by atoms with E-state index in [-0.39, 0.29) is 24.2 Å². The molecule has 5 heteroatoms. The Kier molecular flexibility index (Phi) is 4.48. The Morgan fingerprint density at radius 2 is 1.94 bits per heavy atom. The molecule has 1 saturated carbocycles. The Bertz CT molecular complexity index is 394. The maximum Gasteiger partial charge on any atom is 0.131 e. The van der Waals surface area contributed by atoms with E-state index in [2.05, 4.69) is 0 Å². The van der Waals surface area contributed by atoms with Crippen LogP contribution in [0, 0.1) is 5.92 Å². The van der Waals surface area contributed by atoms with Crippen molar-refractivity contribution in [1.82, 2.24) is 0 Å². The Morgan fingerprint density at radius 1 is 1.29 bits per heavy atom. The monoisotopic (exact) mass is 259 g/mol. The molecule has 0 heterocycles. The molecule has 1 aliphatic rings. The average Bonchev–Trinajstić information content (AvgIpc) is 3.10. The molecule has 0 spiro atoms. The largest absolute Gasteiger partial charge is 0.507 e. The summed E-state index contributed by atoms with van der Waals surface area (Å²) in [4.78, 5) is 0. The lowest BCUT2D eigenvalue weighted by Crippen LogP contribution is -2.14. The summed E-state index contributed by atoms with van der Waals surface area (Å²) in [6.07, 6.45) is 2.24. The Balaban J connectivity index is 0.00000144. The highest BCUT2D eigenvalue weighted by Gasteiger charge is 2.33. The Hall–Kier alpha value is -1.13. The Morgan fingerprint density at radius 3 is 2.41 bits per heavy atom. The molecule has 2 rings (SSSR count). The fourth-order valence-electron chi connectivity index (χ4n) is 1.90. The molecule has 1 atom stereocenters. The van der Waals surface area contributed by atoms with Crippen LogP contribution >= 0.6 is 12.4 Å². The fourth-order valence-corrected chi connectivity index (χ4v) is 1.90. The molecule has 4 nitrogen and oxygen atoms in total. The van der Waals surface area contributed by atoms with Gasteiger partial charge in [0.25, 0.3) is 0 Å². The van der Waals surface area contributed by atoms with Gasteiger partial charge in [0.2, 0.25) is 0 Å². The average molecular weight is 260 g/mol. The number of halogens is 1. The van der Waals surface area contributed by atoms with Crippen LogP contribution in [0.2, 0.25) is 0 Å². The highest BCUT2D eigenvalue weighted by Crippen LogP contribution is 2.46. The summed E-state index contributed by atoms with van der Waals surface area (Å²) >= 11 is 0. The first-order valence-electron chi connectivity index (χ1n) is 5.37. The topological polar surface area (TPSA) is 64.7 Å². The normalized spacial score (nSPS) is 15.9. The summed E-state index contributed by atoms with van der Waals surface area (Å²) < 4.78 is 10.3. The van der Waals surface area contributed by atoms with Crippen LogP contribution < -0.4 is 15.2 Å². The first-order chi connectivity index (χ1) is 7.67. The molecule has 0 unspecified atom stereocenters. The van der Waals surface area contributed by atoms with Gasteiger partial charge in [-0.05, 0) is 18.8 Å². The van der Waals surface area contributed by atoms with Crippen molar-refractivity contribution in [2.75, 3.05) is 14.2 Å². The number of rotatable bonds is 4. The minimum Gasteiger partial charge on any atom is -0.507 e. The minimum absolute atomic E-state index is 0. The second-order valence-corrected chi connectivity index (χ2v) is 4.13. The molecular weight excluding hydrogens is 242 g/mol. The standard InChI is InChI=1S/C12H17NO3.ClH/c1-15-8-5-9(14)11(10(6-8)16-2)12(13)7-3-4-7;/h5-7,12,14H,3-4,13H2,1-2H3;1H/t12-;/m1./s1. The quantitative estimate of drug-likeness (QED) is 0.870. The molecule has 0 amide bonds. The number of aromatic hydroxyl groups is 1. The van der Waals surface area contributed by atoms with Gasteiger partial charge >= 0.3 is 0 Å². The number of phenolic OH excluding ortho intramolecular Hbond substituents is 1. The summed E-state index contributed by atoms with van der Waals surface area (Å²) in [7, 11) is 3.12. The smallest absolute Gasteiger partial charge is 0.131 e. The van der Waals surface area contributed by atoms with Gasteiger partial charge in [0, 0.05) is 18.2 Å². The van der Waals surface area contributed by atoms with Gasteiger partial charge in [-0.1, -0.05) is 0 Å². The summed E-state index contributed by atoms with van der Waals surface area (Å²) in [5.74, 6) is 1.78. The van der Waals surface area contributed by atoms with Crippen molar-refractivity contribution in [3.8, 4) is 17.2 Å². The molecule has 1 aromatic rings. The Labute approximate surface area is 107 Å². The predicted molar refractivity (Wildman–Crippen MR) is 68.1 cm³/mol. The van der Waals surface area contributed by atoms with Crippen LogP contribution in [0.25, 0.3) is 0 Å². The van der Waals surface area contributed by atoms with Crippen molar-refractivity contribution in [2.45, 2.75) is 18.9 Å². The molecule has 17 heavy (non-hydrogen) atoms. The van der Waals surface area contributed by atoms with E-state index in [0.29, 0.717) is 23.0 Å². The van der Waals surface area contributed by atoms with E-state index in [1.807, 2.05) is 0 Å². The molecule has 1 fully saturated rings. The molecular formula is C12H18ClNO3. The van der Waals surface area contributed by atoms with E-state index in [0.717, 1.165) is 12.8 Å². The van der Waals surface area contributed by atoms with Crippen molar-refractivity contribution >= 4 is 12.4 Å². The van der Waals surface area contributed by atoms with Gasteiger partial charge in [0.1, 0.15) is 17.2 Å². The van der Waals surface area contributed by atoms with Crippen LogP contribution in [-0.2, 0) is 0 Å². The second kappa shape index (κ2) is 5.47. The van der Waals surface area contributed by atoms with Crippen LogP contribution in [0.15, 0.2) is 12.1 Å². The lowest BCUT2D eigenvalue weighted by molar-refractivity contribution is 0.372. The van der Waals surface area contributed by atoms with Crippen LogP contribution in [-0.4, -0.2) is 19.3 Å². The molecule has 1 aromatic carbocycles. The minimum atomic E-state index is -0.152. The van der Waals surface area contributed by atoms with E-state index in [1.54, 1.807) is 26.4 Å². The van der Waals surface area contributed by atoms with Gasteiger partial charge in [0.15, 0.2) is 0 Å². The fraction of sp³-hybridized carbons (Fsp3) is 0.500. The number of ether oxygens (including phenoxy) is 2. The lowest BCUT2D eigenvalue weighted by Gasteiger charge is -2.17. The van der Waals surface area contributed by atoms with Crippen molar-refractivity contribution < 1.29 is 14.6 Å². The molecule has 96 valence electrons. The van der Waals surface area contributed by atoms with E-state index >= 15 is 0 Å². The highest BCUT2D eigenvalue weighted by atomic mass is 35.5. The number of methoxy groups -OCH3 is 2. The molecule has 0 radical (unpaired) electrons. The number of benzene rings is 1. The first-order valence-corrected chi connectivity index (χ1v) is 5.37. The maximum absolute atomic E-state index is 9.94. The van der Waals surface area contributed by atoms with Crippen molar-refractivity contribution in [1.29, 1.82) is 0 Å². The van der Waals surface area contributed by atoms with Crippen molar-refractivity contribution in [3.63, 3.8) is 0 Å². The van der Waals surface area contributed by atoms with Crippen molar-refractivity contribution in [3.05, 3.63) is 17.7 Å². The third kappa shape index (κ3) is 2.76. The molecule has 3 N–H and O–H groups in total. The molecule has 1 aliphatic carbocycles. The van der Waals surface area contributed by atoms with E-state index in [4.69, 9.17) is 15.2 Å². The lowest BCUT2D eigenvalue weighted by atomic mass is 10.0. The first kappa shape index (κ1) is 13.9. The predicted octanol–water partition coefficient (Wildman–Crippen LogP) is 2.24. The van der Waals surface area contributed by atoms with Gasteiger partial charge < -0.3 is 20.3 Å². The van der Waals surface area contributed by atoms with E-state index in [9.17, 15) is 5.11 Å². The van der Waals surface area contributed by atoms with Crippen LogP contribution in [0.5, 0.6) is 17.2 Å². The molecule has 0 saturated heterocycles. The third-order valence-electron chi connectivity index (χ3n) is 3.01. The van der Waals surface area contributed by atoms with Gasteiger partial charge in [-0.2, -0.15) is 0 Å². The SMILES string of the molecule is COc1cc(O)c([C@H](N)C2CC2)c(OC)c1.Cl. The second-order valence-electron chi connectivity index (χ2n) is 4.13. The van der Waals surface area contributed by atoms with Gasteiger partial charge in [-0.15, -0.1) is 12.4 Å². The zero-order valence-corrected chi connectivity index (χ0v) is 10.8. The van der Waals surface area contributed by atoms with Crippen LogP contribution in [0.4, 0.5) is 0 Å². The molecule has 0 bridgehead atoms. The van der Waals surface area contributed by atoms with Gasteiger partial charge in [-0.3, -0.25) is 0 Å².